The Hall–Kier alpha value is -2.70. The quantitative estimate of drug-likeness (QED) is 0.469. The molecule has 0 spiro atoms. The molecule has 2 aliphatic rings. The van der Waals surface area contributed by atoms with E-state index in [1.807, 2.05) is 50.2 Å². The Morgan fingerprint density at radius 3 is 2.34 bits per heavy atom. The highest BCUT2D eigenvalue weighted by molar-refractivity contribution is 6.31. The normalized spacial score (nSPS) is 29.4. The summed E-state index contributed by atoms with van der Waals surface area (Å²) in [4.78, 5) is 13.8. The van der Waals surface area contributed by atoms with Crippen molar-refractivity contribution in [3.05, 3.63) is 107 Å². The second-order valence-corrected chi connectivity index (χ2v) is 9.84. The second-order valence-electron chi connectivity index (χ2n) is 9.43. The first-order valence-corrected chi connectivity index (χ1v) is 12.4. The van der Waals surface area contributed by atoms with Gasteiger partial charge in [-0.05, 0) is 30.5 Å². The van der Waals surface area contributed by atoms with Crippen LogP contribution in [0.3, 0.4) is 0 Å². The zero-order valence-corrected chi connectivity index (χ0v) is 20.5. The molecule has 0 amide bonds. The van der Waals surface area contributed by atoms with Crippen LogP contribution in [0.1, 0.15) is 43.4 Å². The lowest BCUT2D eigenvalue weighted by molar-refractivity contribution is -0.180. The summed E-state index contributed by atoms with van der Waals surface area (Å²) >= 11 is 6.45. The van der Waals surface area contributed by atoms with Gasteiger partial charge >= 0.3 is 5.97 Å². The molecule has 5 nitrogen and oxygen atoms in total. The smallest absolute Gasteiger partial charge is 0.348 e. The monoisotopic (exact) mass is 492 g/mol. The van der Waals surface area contributed by atoms with Crippen LogP contribution in [-0.4, -0.2) is 35.5 Å². The third-order valence-electron chi connectivity index (χ3n) is 7.17. The van der Waals surface area contributed by atoms with Gasteiger partial charge in [0.15, 0.2) is 6.10 Å². The number of benzene rings is 3. The summed E-state index contributed by atoms with van der Waals surface area (Å²) in [6.07, 6.45) is -0.360. The van der Waals surface area contributed by atoms with Crippen LogP contribution < -0.4 is 0 Å². The molecule has 0 aliphatic carbocycles. The number of esters is 1. The number of hydrogen-bond donors (Lipinski definition) is 1. The van der Waals surface area contributed by atoms with Crippen molar-refractivity contribution >= 4 is 17.6 Å². The highest BCUT2D eigenvalue weighted by Crippen LogP contribution is 2.47. The number of fused-ring (bicyclic) bond motifs is 1. The van der Waals surface area contributed by atoms with Gasteiger partial charge in [0, 0.05) is 17.0 Å². The maximum absolute atomic E-state index is 13.8. The van der Waals surface area contributed by atoms with E-state index >= 15 is 0 Å². The molecule has 2 saturated heterocycles. The van der Waals surface area contributed by atoms with E-state index in [0.717, 1.165) is 5.56 Å². The largest absolute Gasteiger partial charge is 0.454 e. The number of halogens is 1. The van der Waals surface area contributed by atoms with E-state index < -0.39 is 29.4 Å². The lowest BCUT2D eigenvalue weighted by Crippen LogP contribution is -2.45. The Balaban J connectivity index is 1.47. The van der Waals surface area contributed by atoms with E-state index in [0.29, 0.717) is 18.4 Å². The van der Waals surface area contributed by atoms with Crippen molar-refractivity contribution in [2.45, 2.75) is 62.3 Å². The highest BCUT2D eigenvalue weighted by atomic mass is 35.5. The molecule has 1 N–H and O–H groups in total. The molecule has 0 radical (unpaired) electrons. The Morgan fingerprint density at radius 1 is 1.06 bits per heavy atom. The standard InChI is InChI=1S/C29H29ClO5/c1-3-23-25(26-24(33-23)18-28(2,35-26)19-12-6-4-7-13-19)34-27(31)29(32,20-14-8-5-9-15-20)21-16-10-11-17-22(21)30/h4-17,23-26,32H,3,18H2,1-2H3/t23-,24-,25+,26+,28-,29?/m1/s1. The van der Waals surface area contributed by atoms with E-state index in [9.17, 15) is 9.90 Å². The molecule has 0 bridgehead atoms. The summed E-state index contributed by atoms with van der Waals surface area (Å²) < 4.78 is 18.9. The first-order valence-electron chi connectivity index (χ1n) is 12.0. The van der Waals surface area contributed by atoms with Crippen LogP contribution in [0.15, 0.2) is 84.9 Å². The van der Waals surface area contributed by atoms with Crippen molar-refractivity contribution in [1.82, 2.24) is 0 Å². The third kappa shape index (κ3) is 4.17. The molecule has 2 fully saturated rings. The fraction of sp³-hybridized carbons (Fsp3) is 0.345. The first kappa shape index (κ1) is 24.0. The van der Waals surface area contributed by atoms with Crippen molar-refractivity contribution in [3.8, 4) is 0 Å². The molecule has 6 atom stereocenters. The predicted octanol–water partition coefficient (Wildman–Crippen LogP) is 5.37. The number of carbonyl (C=O) groups excluding carboxylic acids is 1. The molecule has 2 aliphatic heterocycles. The van der Waals surface area contributed by atoms with Gasteiger partial charge in [0.1, 0.15) is 6.10 Å². The molecule has 5 rings (SSSR count). The van der Waals surface area contributed by atoms with Crippen molar-refractivity contribution in [1.29, 1.82) is 0 Å². The number of ether oxygens (including phenoxy) is 3. The van der Waals surface area contributed by atoms with Gasteiger partial charge in [0.05, 0.1) is 17.8 Å². The predicted molar refractivity (Wildman–Crippen MR) is 133 cm³/mol. The van der Waals surface area contributed by atoms with E-state index in [4.69, 9.17) is 25.8 Å². The molecule has 0 saturated carbocycles. The van der Waals surface area contributed by atoms with Gasteiger partial charge in [-0.15, -0.1) is 0 Å². The minimum absolute atomic E-state index is 0.215. The first-order chi connectivity index (χ1) is 16.9. The Morgan fingerprint density at radius 2 is 1.69 bits per heavy atom. The summed E-state index contributed by atoms with van der Waals surface area (Å²) in [5, 5.41) is 12.2. The molecule has 182 valence electrons. The molecule has 1 unspecified atom stereocenters. The van der Waals surface area contributed by atoms with E-state index in [-0.39, 0.29) is 22.8 Å². The van der Waals surface area contributed by atoms with Crippen LogP contribution in [0.25, 0.3) is 0 Å². The van der Waals surface area contributed by atoms with Gasteiger partial charge in [-0.1, -0.05) is 97.4 Å². The van der Waals surface area contributed by atoms with Crippen LogP contribution in [-0.2, 0) is 30.2 Å². The number of hydrogen-bond acceptors (Lipinski definition) is 5. The second kappa shape index (κ2) is 9.40. The number of carbonyl (C=O) groups is 1. The van der Waals surface area contributed by atoms with Crippen LogP contribution >= 0.6 is 11.6 Å². The molecular weight excluding hydrogens is 464 g/mol. The van der Waals surface area contributed by atoms with Gasteiger partial charge in [-0.25, -0.2) is 4.79 Å². The van der Waals surface area contributed by atoms with Gasteiger partial charge in [0.2, 0.25) is 5.60 Å². The Bertz CT molecular complexity index is 1190. The van der Waals surface area contributed by atoms with Crippen LogP contribution in [0, 0.1) is 0 Å². The topological polar surface area (TPSA) is 65.0 Å². The Labute approximate surface area is 210 Å². The molecule has 35 heavy (non-hydrogen) atoms. The highest BCUT2D eigenvalue weighted by Gasteiger charge is 2.58. The number of aliphatic hydroxyl groups is 1. The summed E-state index contributed by atoms with van der Waals surface area (Å²) in [5.41, 5.74) is -0.950. The average molecular weight is 493 g/mol. The van der Waals surface area contributed by atoms with Crippen molar-refractivity contribution in [3.63, 3.8) is 0 Å². The van der Waals surface area contributed by atoms with Gasteiger partial charge in [0.25, 0.3) is 0 Å². The molecule has 3 aromatic rings. The molecule has 6 heteroatoms. The van der Waals surface area contributed by atoms with Crippen LogP contribution in [0.5, 0.6) is 0 Å². The zero-order valence-electron chi connectivity index (χ0n) is 19.8. The minimum Gasteiger partial charge on any atom is -0.454 e. The van der Waals surface area contributed by atoms with Crippen molar-refractivity contribution in [2.24, 2.45) is 0 Å². The summed E-state index contributed by atoms with van der Waals surface area (Å²) in [5.74, 6) is -0.804. The van der Waals surface area contributed by atoms with E-state index in [2.05, 4.69) is 0 Å². The van der Waals surface area contributed by atoms with Crippen LogP contribution in [0.2, 0.25) is 5.02 Å². The molecule has 0 aromatic heterocycles. The third-order valence-corrected chi connectivity index (χ3v) is 7.50. The summed E-state index contributed by atoms with van der Waals surface area (Å²) in [6.45, 7) is 4.02. The zero-order chi connectivity index (χ0) is 24.6. The summed E-state index contributed by atoms with van der Waals surface area (Å²) in [7, 11) is 0. The molecule has 3 aromatic carbocycles. The molecular formula is C29H29ClO5. The van der Waals surface area contributed by atoms with Crippen LogP contribution in [0.4, 0.5) is 0 Å². The van der Waals surface area contributed by atoms with Crippen molar-refractivity contribution < 1.29 is 24.1 Å². The molecule has 2 heterocycles. The minimum atomic E-state index is -2.09. The fourth-order valence-electron chi connectivity index (χ4n) is 5.32. The fourth-order valence-corrected chi connectivity index (χ4v) is 5.59. The van der Waals surface area contributed by atoms with E-state index in [1.54, 1.807) is 48.5 Å². The SMILES string of the molecule is CC[C@H]1O[C@@H]2C[C@](C)(c3ccccc3)O[C@@H]2[C@H]1OC(=O)C(O)(c1ccccc1)c1ccccc1Cl. The average Bonchev–Trinajstić information content (AvgIpc) is 3.39. The van der Waals surface area contributed by atoms with E-state index in [1.165, 1.54) is 0 Å². The summed E-state index contributed by atoms with van der Waals surface area (Å²) in [6, 6.07) is 25.5. The van der Waals surface area contributed by atoms with Gasteiger partial charge < -0.3 is 19.3 Å². The van der Waals surface area contributed by atoms with Gasteiger partial charge in [-0.3, -0.25) is 0 Å². The van der Waals surface area contributed by atoms with Gasteiger partial charge in [-0.2, -0.15) is 0 Å². The Kier molecular flexibility index (Phi) is 6.45. The lowest BCUT2D eigenvalue weighted by atomic mass is 9.86. The number of rotatable bonds is 6. The maximum Gasteiger partial charge on any atom is 0.348 e. The van der Waals surface area contributed by atoms with Crippen molar-refractivity contribution in [2.75, 3.05) is 0 Å². The lowest BCUT2D eigenvalue weighted by Gasteiger charge is -2.33. The maximum atomic E-state index is 13.8.